The monoisotopic (exact) mass is 268 g/mol. The van der Waals surface area contributed by atoms with E-state index < -0.39 is 0 Å². The van der Waals surface area contributed by atoms with Crippen LogP contribution < -0.4 is 10.6 Å². The molecule has 0 bridgehead atoms. The van der Waals surface area contributed by atoms with Crippen LogP contribution in [0.15, 0.2) is 22.7 Å². The number of hydrogen-bond donors (Lipinski definition) is 2. The highest BCUT2D eigenvalue weighted by molar-refractivity contribution is 9.10. The molecule has 2 rings (SSSR count). The zero-order valence-electron chi connectivity index (χ0n) is 9.18. The maximum atomic E-state index is 3.58. The van der Waals surface area contributed by atoms with Gasteiger partial charge in [-0.05, 0) is 29.7 Å². The van der Waals surface area contributed by atoms with Gasteiger partial charge in [0.15, 0.2) is 0 Å². The fourth-order valence-corrected chi connectivity index (χ4v) is 2.29. The molecular weight excluding hydrogens is 252 g/mol. The third-order valence-corrected chi connectivity index (χ3v) is 3.43. The zero-order valence-corrected chi connectivity index (χ0v) is 10.8. The molecule has 82 valence electrons. The van der Waals surface area contributed by atoms with Crippen molar-refractivity contribution in [2.75, 3.05) is 11.9 Å². The number of benzene rings is 1. The van der Waals surface area contributed by atoms with Crippen LogP contribution in [0.3, 0.4) is 0 Å². The summed E-state index contributed by atoms with van der Waals surface area (Å²) < 4.78 is 1.15. The van der Waals surface area contributed by atoms with E-state index in [4.69, 9.17) is 0 Å². The minimum atomic E-state index is 0.552. The zero-order chi connectivity index (χ0) is 10.8. The molecule has 0 spiro atoms. The Kier molecular flexibility index (Phi) is 3.32. The first-order chi connectivity index (χ1) is 7.16. The van der Waals surface area contributed by atoms with E-state index >= 15 is 0 Å². The lowest BCUT2D eigenvalue weighted by molar-refractivity contribution is 0.419. The lowest BCUT2D eigenvalue weighted by Gasteiger charge is -2.19. The summed E-state index contributed by atoms with van der Waals surface area (Å²) >= 11 is 3.50. The molecule has 1 aliphatic rings. The lowest BCUT2D eigenvalue weighted by atomic mass is 10.1. The molecule has 2 nitrogen and oxygen atoms in total. The van der Waals surface area contributed by atoms with Gasteiger partial charge in [-0.25, -0.2) is 0 Å². The largest absolute Gasteiger partial charge is 0.383 e. The van der Waals surface area contributed by atoms with Crippen LogP contribution in [0.25, 0.3) is 0 Å². The summed E-state index contributed by atoms with van der Waals surface area (Å²) in [7, 11) is 0. The molecule has 1 atom stereocenters. The predicted molar refractivity (Wildman–Crippen MR) is 68.1 cm³/mol. The minimum Gasteiger partial charge on any atom is -0.383 e. The fraction of sp³-hybridized carbons (Fsp3) is 0.500. The van der Waals surface area contributed by atoms with E-state index in [1.54, 1.807) is 0 Å². The molecule has 0 saturated heterocycles. The second-order valence-corrected chi connectivity index (χ2v) is 5.33. The van der Waals surface area contributed by atoms with Crippen molar-refractivity contribution in [3.8, 4) is 0 Å². The van der Waals surface area contributed by atoms with E-state index in [-0.39, 0.29) is 0 Å². The second-order valence-electron chi connectivity index (χ2n) is 4.41. The molecule has 0 aromatic heterocycles. The molecule has 2 N–H and O–H groups in total. The van der Waals surface area contributed by atoms with Crippen molar-refractivity contribution in [1.82, 2.24) is 5.32 Å². The maximum Gasteiger partial charge on any atom is 0.0387 e. The Morgan fingerprint density at radius 3 is 2.93 bits per heavy atom. The van der Waals surface area contributed by atoms with Crippen molar-refractivity contribution in [3.63, 3.8) is 0 Å². The highest BCUT2D eigenvalue weighted by Crippen LogP contribution is 2.23. The fourth-order valence-electron chi connectivity index (χ4n) is 1.89. The number of hydrogen-bond acceptors (Lipinski definition) is 2. The number of fused-ring (bicyclic) bond motifs is 1. The predicted octanol–water partition coefficient (Wildman–Crippen LogP) is 2.99. The third-order valence-electron chi connectivity index (χ3n) is 2.94. The number of rotatable bonds is 1. The van der Waals surface area contributed by atoms with Crippen molar-refractivity contribution in [2.24, 2.45) is 5.92 Å². The second kappa shape index (κ2) is 4.54. The van der Waals surface area contributed by atoms with E-state index in [1.165, 1.54) is 11.3 Å². The van der Waals surface area contributed by atoms with Gasteiger partial charge >= 0.3 is 0 Å². The maximum absolute atomic E-state index is 3.58. The molecule has 15 heavy (non-hydrogen) atoms. The molecular formula is C12H17BrN2. The van der Waals surface area contributed by atoms with Crippen molar-refractivity contribution < 1.29 is 0 Å². The van der Waals surface area contributed by atoms with Gasteiger partial charge in [-0.15, -0.1) is 0 Å². The Morgan fingerprint density at radius 1 is 1.40 bits per heavy atom. The number of nitrogens with one attached hydrogen (secondary N) is 2. The van der Waals surface area contributed by atoms with Gasteiger partial charge in [-0.3, -0.25) is 0 Å². The van der Waals surface area contributed by atoms with Gasteiger partial charge < -0.3 is 10.6 Å². The van der Waals surface area contributed by atoms with E-state index in [2.05, 4.69) is 58.6 Å². The SMILES string of the molecule is CC(C)C1CNc2ccc(Br)cc2CN1. The van der Waals surface area contributed by atoms with Crippen LogP contribution in [0.4, 0.5) is 5.69 Å². The Bertz CT molecular complexity index is 349. The Balaban J connectivity index is 2.18. The topological polar surface area (TPSA) is 24.1 Å². The summed E-state index contributed by atoms with van der Waals surface area (Å²) in [5.74, 6) is 0.662. The first-order valence-electron chi connectivity index (χ1n) is 5.42. The summed E-state index contributed by atoms with van der Waals surface area (Å²) in [6.07, 6.45) is 0. The highest BCUT2D eigenvalue weighted by atomic mass is 79.9. The molecule has 1 heterocycles. The van der Waals surface area contributed by atoms with Gasteiger partial charge in [0.2, 0.25) is 0 Å². The first-order valence-corrected chi connectivity index (χ1v) is 6.22. The van der Waals surface area contributed by atoms with Crippen molar-refractivity contribution >= 4 is 21.6 Å². The van der Waals surface area contributed by atoms with Gasteiger partial charge in [-0.2, -0.15) is 0 Å². The average Bonchev–Trinajstić information content (AvgIpc) is 2.39. The molecule has 1 unspecified atom stereocenters. The molecule has 0 aliphatic carbocycles. The van der Waals surface area contributed by atoms with E-state index in [0.29, 0.717) is 12.0 Å². The number of anilines is 1. The summed E-state index contributed by atoms with van der Waals surface area (Å²) in [5, 5.41) is 7.08. The summed E-state index contributed by atoms with van der Waals surface area (Å²) in [6, 6.07) is 6.96. The van der Waals surface area contributed by atoms with Gasteiger partial charge in [-0.1, -0.05) is 29.8 Å². The van der Waals surface area contributed by atoms with Gasteiger partial charge in [0.25, 0.3) is 0 Å². The van der Waals surface area contributed by atoms with Crippen LogP contribution in [-0.4, -0.2) is 12.6 Å². The molecule has 0 saturated carbocycles. The molecule has 0 amide bonds. The summed E-state index contributed by atoms with van der Waals surface area (Å²) in [5.41, 5.74) is 2.60. The Hall–Kier alpha value is -0.540. The lowest BCUT2D eigenvalue weighted by Crippen LogP contribution is -2.37. The molecule has 0 radical (unpaired) electrons. The Morgan fingerprint density at radius 2 is 2.20 bits per heavy atom. The average molecular weight is 269 g/mol. The quantitative estimate of drug-likeness (QED) is 0.819. The van der Waals surface area contributed by atoms with E-state index in [1.807, 2.05) is 0 Å². The smallest absolute Gasteiger partial charge is 0.0387 e. The van der Waals surface area contributed by atoms with Crippen LogP contribution in [0.2, 0.25) is 0 Å². The van der Waals surface area contributed by atoms with Crippen molar-refractivity contribution in [3.05, 3.63) is 28.2 Å². The van der Waals surface area contributed by atoms with Crippen LogP contribution in [-0.2, 0) is 6.54 Å². The normalized spacial score (nSPS) is 20.7. The Labute approximate surface area is 99.6 Å². The molecule has 0 fully saturated rings. The summed E-state index contributed by atoms with van der Waals surface area (Å²) in [4.78, 5) is 0. The summed E-state index contributed by atoms with van der Waals surface area (Å²) in [6.45, 7) is 6.47. The van der Waals surface area contributed by atoms with Crippen LogP contribution in [0.5, 0.6) is 0 Å². The van der Waals surface area contributed by atoms with Gasteiger partial charge in [0, 0.05) is 29.3 Å². The molecule has 1 aliphatic heterocycles. The van der Waals surface area contributed by atoms with E-state index in [9.17, 15) is 0 Å². The van der Waals surface area contributed by atoms with Gasteiger partial charge in [0.1, 0.15) is 0 Å². The van der Waals surface area contributed by atoms with Crippen molar-refractivity contribution in [1.29, 1.82) is 0 Å². The van der Waals surface area contributed by atoms with Gasteiger partial charge in [0.05, 0.1) is 0 Å². The molecule has 1 aromatic carbocycles. The minimum absolute atomic E-state index is 0.552. The number of halogens is 1. The highest BCUT2D eigenvalue weighted by Gasteiger charge is 2.17. The molecule has 1 aromatic rings. The first kappa shape index (κ1) is 11.0. The van der Waals surface area contributed by atoms with Crippen LogP contribution in [0.1, 0.15) is 19.4 Å². The van der Waals surface area contributed by atoms with Crippen molar-refractivity contribution in [2.45, 2.75) is 26.4 Å². The standard InChI is InChI=1S/C12H17BrN2/c1-8(2)12-7-15-11-4-3-10(13)5-9(11)6-14-12/h3-5,8,12,14-15H,6-7H2,1-2H3. The van der Waals surface area contributed by atoms with E-state index in [0.717, 1.165) is 17.6 Å². The van der Waals surface area contributed by atoms with Crippen LogP contribution in [0, 0.1) is 5.92 Å². The molecule has 3 heteroatoms. The van der Waals surface area contributed by atoms with Crippen LogP contribution >= 0.6 is 15.9 Å². The third kappa shape index (κ3) is 2.52.